The number of nitrogens with zero attached hydrogens (tertiary/aromatic N) is 1. The molecule has 0 saturated carbocycles. The molecule has 0 aliphatic carbocycles. The van der Waals surface area contributed by atoms with Gasteiger partial charge in [0.25, 0.3) is 0 Å². The van der Waals surface area contributed by atoms with E-state index in [1.54, 1.807) is 18.0 Å². The van der Waals surface area contributed by atoms with Crippen LogP contribution in [0.4, 0.5) is 5.69 Å². The number of sulfone groups is 1. The second kappa shape index (κ2) is 4.94. The molecule has 2 N–H and O–H groups in total. The van der Waals surface area contributed by atoms with E-state index in [-0.39, 0.29) is 11.7 Å². The van der Waals surface area contributed by atoms with Crippen molar-refractivity contribution in [1.29, 1.82) is 0 Å². The van der Waals surface area contributed by atoms with Crippen LogP contribution in [-0.2, 0) is 21.1 Å². The summed E-state index contributed by atoms with van der Waals surface area (Å²) in [5.41, 5.74) is 8.64. The maximum Gasteiger partial charge on any atom is 0.227 e. The highest BCUT2D eigenvalue weighted by atomic mass is 32.2. The lowest BCUT2D eigenvalue weighted by molar-refractivity contribution is -0.118. The fraction of sp³-hybridized carbons (Fsp3) is 0.462. The lowest BCUT2D eigenvalue weighted by Gasteiger charge is -2.26. The molecular weight excluding hydrogens is 264 g/mol. The monoisotopic (exact) mass is 282 g/mol. The molecule has 0 fully saturated rings. The van der Waals surface area contributed by atoms with Gasteiger partial charge < -0.3 is 10.6 Å². The molecule has 5 nitrogen and oxygen atoms in total. The van der Waals surface area contributed by atoms with E-state index < -0.39 is 15.9 Å². The first kappa shape index (κ1) is 14.0. The number of anilines is 1. The molecule has 104 valence electrons. The molecule has 0 bridgehead atoms. The summed E-state index contributed by atoms with van der Waals surface area (Å²) in [6.07, 6.45) is 2.34. The molecule has 1 heterocycles. The number of carbonyl (C=O) groups is 1. The zero-order chi connectivity index (χ0) is 14.2. The van der Waals surface area contributed by atoms with Crippen molar-refractivity contribution in [3.05, 3.63) is 29.3 Å². The van der Waals surface area contributed by atoms with Crippen LogP contribution in [0.1, 0.15) is 23.6 Å². The number of hydrogen-bond acceptors (Lipinski definition) is 4. The summed E-state index contributed by atoms with van der Waals surface area (Å²) in [6.45, 7) is 0. The van der Waals surface area contributed by atoms with Crippen molar-refractivity contribution in [2.24, 2.45) is 5.73 Å². The summed E-state index contributed by atoms with van der Waals surface area (Å²) in [7, 11) is -1.36. The Morgan fingerprint density at radius 1 is 1.37 bits per heavy atom. The van der Waals surface area contributed by atoms with E-state index in [2.05, 4.69) is 0 Å². The highest BCUT2D eigenvalue weighted by molar-refractivity contribution is 7.90. The van der Waals surface area contributed by atoms with E-state index in [0.717, 1.165) is 16.8 Å². The first-order valence-electron chi connectivity index (χ1n) is 6.10. The maximum atomic E-state index is 11.6. The van der Waals surface area contributed by atoms with Crippen molar-refractivity contribution < 1.29 is 13.2 Å². The number of benzene rings is 1. The minimum absolute atomic E-state index is 0.0689. The van der Waals surface area contributed by atoms with Crippen molar-refractivity contribution in [1.82, 2.24) is 0 Å². The maximum absolute atomic E-state index is 11.6. The fourth-order valence-electron chi connectivity index (χ4n) is 2.33. The smallest absolute Gasteiger partial charge is 0.227 e. The molecule has 1 aliphatic rings. The second-order valence-corrected chi connectivity index (χ2v) is 7.22. The second-order valence-electron chi connectivity index (χ2n) is 5.04. The Kier molecular flexibility index (Phi) is 3.64. The Morgan fingerprint density at radius 2 is 2.05 bits per heavy atom. The lowest BCUT2D eigenvalue weighted by Crippen LogP contribution is -2.31. The van der Waals surface area contributed by atoms with Crippen LogP contribution in [0, 0.1) is 0 Å². The zero-order valence-electron chi connectivity index (χ0n) is 11.1. The van der Waals surface area contributed by atoms with E-state index in [1.165, 1.54) is 6.26 Å². The van der Waals surface area contributed by atoms with E-state index in [1.807, 2.05) is 12.1 Å². The summed E-state index contributed by atoms with van der Waals surface area (Å²) >= 11 is 0. The molecule has 0 aromatic heterocycles. The van der Waals surface area contributed by atoms with Crippen LogP contribution in [0.3, 0.4) is 0 Å². The summed E-state index contributed by atoms with van der Waals surface area (Å²) in [5.74, 6) is 0.0290. The average molecular weight is 282 g/mol. The number of fused-ring (bicyclic) bond motifs is 1. The van der Waals surface area contributed by atoms with Gasteiger partial charge >= 0.3 is 0 Å². The third kappa shape index (κ3) is 3.13. The third-order valence-electron chi connectivity index (χ3n) is 3.36. The molecule has 1 aliphatic heterocycles. The molecule has 19 heavy (non-hydrogen) atoms. The third-order valence-corrected chi connectivity index (χ3v) is 4.32. The van der Waals surface area contributed by atoms with E-state index in [4.69, 9.17) is 5.73 Å². The number of carbonyl (C=O) groups excluding carboxylic acids is 1. The predicted molar refractivity (Wildman–Crippen MR) is 74.8 cm³/mol. The molecule has 1 amide bonds. The largest absolute Gasteiger partial charge is 0.323 e. The Morgan fingerprint density at radius 3 is 2.68 bits per heavy atom. The quantitative estimate of drug-likeness (QED) is 0.882. The first-order chi connectivity index (χ1) is 8.78. The van der Waals surface area contributed by atoms with Crippen molar-refractivity contribution >= 4 is 21.4 Å². The van der Waals surface area contributed by atoms with Crippen LogP contribution in [-0.4, -0.2) is 33.4 Å². The van der Waals surface area contributed by atoms with Crippen LogP contribution in [0.25, 0.3) is 0 Å². The van der Waals surface area contributed by atoms with Gasteiger partial charge in [0.05, 0.1) is 5.75 Å². The number of hydrogen-bond donors (Lipinski definition) is 1. The van der Waals surface area contributed by atoms with Crippen molar-refractivity contribution in [2.75, 3.05) is 24.0 Å². The van der Waals surface area contributed by atoms with Gasteiger partial charge in [0, 0.05) is 31.5 Å². The highest BCUT2D eigenvalue weighted by Gasteiger charge is 2.22. The molecule has 0 saturated heterocycles. The number of nitrogens with two attached hydrogens (primary N) is 1. The van der Waals surface area contributed by atoms with Gasteiger partial charge in [-0.25, -0.2) is 8.42 Å². The zero-order valence-corrected chi connectivity index (χ0v) is 11.9. The molecule has 1 unspecified atom stereocenters. The van der Waals surface area contributed by atoms with Crippen molar-refractivity contribution in [3.63, 3.8) is 0 Å². The Balaban J connectivity index is 2.29. The van der Waals surface area contributed by atoms with E-state index >= 15 is 0 Å². The van der Waals surface area contributed by atoms with Crippen LogP contribution >= 0.6 is 0 Å². The summed E-state index contributed by atoms with van der Waals surface area (Å²) < 4.78 is 22.5. The van der Waals surface area contributed by atoms with Gasteiger partial charge in [0.2, 0.25) is 5.91 Å². The Bertz CT molecular complexity index is 610. The van der Waals surface area contributed by atoms with Crippen molar-refractivity contribution in [3.8, 4) is 0 Å². The standard InChI is InChI=1S/C13H18N2O3S/c1-15-12-5-3-9(11(14)8-19(2,17)18)7-10(12)4-6-13(15)16/h3,5,7,11H,4,6,8,14H2,1-2H3. The first-order valence-corrected chi connectivity index (χ1v) is 8.16. The number of aryl methyl sites for hydroxylation is 1. The number of amides is 1. The van der Waals surface area contributed by atoms with E-state index in [0.29, 0.717) is 12.8 Å². The fourth-order valence-corrected chi connectivity index (χ4v) is 3.17. The van der Waals surface area contributed by atoms with Gasteiger partial charge in [-0.05, 0) is 23.6 Å². The molecule has 0 radical (unpaired) electrons. The summed E-state index contributed by atoms with van der Waals surface area (Å²) in [4.78, 5) is 13.2. The molecule has 6 heteroatoms. The normalized spacial score (nSPS) is 17.2. The van der Waals surface area contributed by atoms with Crippen LogP contribution in [0.5, 0.6) is 0 Å². The van der Waals surface area contributed by atoms with Gasteiger partial charge in [-0.15, -0.1) is 0 Å². The van der Waals surface area contributed by atoms with Crippen molar-refractivity contribution in [2.45, 2.75) is 18.9 Å². The van der Waals surface area contributed by atoms with Gasteiger partial charge in [0.1, 0.15) is 9.84 Å². The Labute approximate surface area is 113 Å². The molecule has 0 spiro atoms. The summed E-state index contributed by atoms with van der Waals surface area (Å²) in [5, 5.41) is 0. The van der Waals surface area contributed by atoms with Gasteiger partial charge in [-0.2, -0.15) is 0 Å². The van der Waals surface area contributed by atoms with Gasteiger partial charge in [0.15, 0.2) is 0 Å². The lowest BCUT2D eigenvalue weighted by atomic mass is 9.97. The molecule has 1 atom stereocenters. The molecule has 1 aromatic carbocycles. The minimum atomic E-state index is -3.10. The summed E-state index contributed by atoms with van der Waals surface area (Å²) in [6, 6.07) is 5.02. The predicted octanol–water partition coefficient (Wildman–Crippen LogP) is 0.640. The highest BCUT2D eigenvalue weighted by Crippen LogP contribution is 2.29. The van der Waals surface area contributed by atoms with Gasteiger partial charge in [-0.3, -0.25) is 4.79 Å². The Hall–Kier alpha value is -1.40. The van der Waals surface area contributed by atoms with Crippen LogP contribution < -0.4 is 10.6 Å². The van der Waals surface area contributed by atoms with Crippen LogP contribution in [0.15, 0.2) is 18.2 Å². The van der Waals surface area contributed by atoms with E-state index in [9.17, 15) is 13.2 Å². The average Bonchev–Trinajstić information content (AvgIpc) is 2.31. The van der Waals surface area contributed by atoms with Gasteiger partial charge in [-0.1, -0.05) is 12.1 Å². The minimum Gasteiger partial charge on any atom is -0.323 e. The number of rotatable bonds is 3. The van der Waals surface area contributed by atoms with Crippen LogP contribution in [0.2, 0.25) is 0 Å². The topological polar surface area (TPSA) is 80.5 Å². The molecule has 2 rings (SSSR count). The molecular formula is C13H18N2O3S. The molecule has 1 aromatic rings. The SMILES string of the molecule is CN1C(=O)CCc2cc(C(N)CS(C)(=O)=O)ccc21.